The summed E-state index contributed by atoms with van der Waals surface area (Å²) in [5, 5.41) is 8.51. The number of nitrogens with zero attached hydrogens (tertiary/aromatic N) is 2. The number of rotatable bonds is 1. The van der Waals surface area contributed by atoms with Crippen molar-refractivity contribution in [2.24, 2.45) is 0 Å². The molecule has 1 rings (SSSR count). The Kier molecular flexibility index (Phi) is 2.60. The first kappa shape index (κ1) is 10.3. The van der Waals surface area contributed by atoms with Crippen molar-refractivity contribution >= 4 is 0 Å². The normalized spacial score (nSPS) is 10.8. The van der Waals surface area contributed by atoms with Crippen LogP contribution in [0.15, 0.2) is 12.3 Å². The number of aryl methyl sites for hydroxylation is 1. The molecule has 0 saturated heterocycles. The Hall–Kier alpha value is -1.77. The minimum absolute atomic E-state index is 0.0618. The van der Waals surface area contributed by atoms with E-state index in [1.165, 1.54) is 6.92 Å². The van der Waals surface area contributed by atoms with E-state index in [1.807, 2.05) is 0 Å². The van der Waals surface area contributed by atoms with Gasteiger partial charge in [-0.1, -0.05) is 0 Å². The van der Waals surface area contributed by atoms with Gasteiger partial charge in [0.05, 0.1) is 17.5 Å². The molecule has 74 valence electrons. The van der Waals surface area contributed by atoms with Crippen molar-refractivity contribution in [3.8, 4) is 11.8 Å². The third-order valence-electron chi connectivity index (χ3n) is 1.42. The standard InChI is InChI=1S/C8H5F3N2O/c1-5-6(3-12)2-7(4-13-5)14-8(9,10)11/h2,4H,1H3. The molecule has 3 nitrogen and oxygen atoms in total. The number of ether oxygens (including phenoxy) is 1. The van der Waals surface area contributed by atoms with Crippen LogP contribution in [0.3, 0.4) is 0 Å². The number of nitriles is 1. The van der Waals surface area contributed by atoms with E-state index in [0.717, 1.165) is 12.3 Å². The second-order valence-corrected chi connectivity index (χ2v) is 2.46. The van der Waals surface area contributed by atoms with Gasteiger partial charge in [0.25, 0.3) is 0 Å². The maximum atomic E-state index is 11.7. The van der Waals surface area contributed by atoms with Gasteiger partial charge in [-0.2, -0.15) is 5.26 Å². The summed E-state index contributed by atoms with van der Waals surface area (Å²) < 4.78 is 38.8. The minimum atomic E-state index is -4.76. The minimum Gasteiger partial charge on any atom is -0.404 e. The van der Waals surface area contributed by atoms with Crippen molar-refractivity contribution in [2.75, 3.05) is 0 Å². The van der Waals surface area contributed by atoms with Crippen LogP contribution in [0.5, 0.6) is 5.75 Å². The Morgan fingerprint density at radius 3 is 2.64 bits per heavy atom. The first-order chi connectivity index (χ1) is 6.42. The molecule has 0 amide bonds. The first-order valence-corrected chi connectivity index (χ1v) is 3.55. The fraction of sp³-hybridized carbons (Fsp3) is 0.250. The summed E-state index contributed by atoms with van der Waals surface area (Å²) in [7, 11) is 0. The second-order valence-electron chi connectivity index (χ2n) is 2.46. The van der Waals surface area contributed by atoms with Crippen molar-refractivity contribution in [3.05, 3.63) is 23.5 Å². The van der Waals surface area contributed by atoms with Gasteiger partial charge in [0.15, 0.2) is 0 Å². The van der Waals surface area contributed by atoms with Gasteiger partial charge < -0.3 is 4.74 Å². The zero-order valence-corrected chi connectivity index (χ0v) is 7.09. The summed E-state index contributed by atoms with van der Waals surface area (Å²) in [6.07, 6.45) is -3.84. The van der Waals surface area contributed by atoms with Crippen LogP contribution in [-0.4, -0.2) is 11.3 Å². The van der Waals surface area contributed by atoms with Crippen LogP contribution < -0.4 is 4.74 Å². The van der Waals surface area contributed by atoms with Crippen molar-refractivity contribution < 1.29 is 17.9 Å². The summed E-state index contributed by atoms with van der Waals surface area (Å²) in [5.41, 5.74) is 0.425. The van der Waals surface area contributed by atoms with Gasteiger partial charge in [0.1, 0.15) is 11.8 Å². The summed E-state index contributed by atoms with van der Waals surface area (Å²) in [4.78, 5) is 3.59. The molecule has 0 N–H and O–H groups in total. The highest BCUT2D eigenvalue weighted by molar-refractivity contribution is 5.37. The molecule has 0 bridgehead atoms. The molecule has 0 aliphatic carbocycles. The largest absolute Gasteiger partial charge is 0.573 e. The molecule has 0 saturated carbocycles. The van der Waals surface area contributed by atoms with E-state index in [4.69, 9.17) is 5.26 Å². The van der Waals surface area contributed by atoms with Crippen LogP contribution in [0.25, 0.3) is 0 Å². The van der Waals surface area contributed by atoms with Gasteiger partial charge in [0, 0.05) is 6.07 Å². The summed E-state index contributed by atoms with van der Waals surface area (Å²) in [6.45, 7) is 1.52. The van der Waals surface area contributed by atoms with E-state index in [1.54, 1.807) is 6.07 Å². The van der Waals surface area contributed by atoms with Gasteiger partial charge in [-0.15, -0.1) is 13.2 Å². The highest BCUT2D eigenvalue weighted by atomic mass is 19.4. The number of halogens is 3. The van der Waals surface area contributed by atoms with Crippen LogP contribution in [-0.2, 0) is 0 Å². The van der Waals surface area contributed by atoms with E-state index in [-0.39, 0.29) is 5.56 Å². The highest BCUT2D eigenvalue weighted by Gasteiger charge is 2.31. The van der Waals surface area contributed by atoms with Crippen molar-refractivity contribution in [3.63, 3.8) is 0 Å². The summed E-state index contributed by atoms with van der Waals surface area (Å²) >= 11 is 0. The third-order valence-corrected chi connectivity index (χ3v) is 1.42. The van der Waals surface area contributed by atoms with Gasteiger partial charge >= 0.3 is 6.36 Å². The Morgan fingerprint density at radius 1 is 1.50 bits per heavy atom. The van der Waals surface area contributed by atoms with Crippen molar-refractivity contribution in [1.82, 2.24) is 4.98 Å². The van der Waals surface area contributed by atoms with Gasteiger partial charge in [0.2, 0.25) is 0 Å². The van der Waals surface area contributed by atoms with Gasteiger partial charge in [-0.05, 0) is 6.92 Å². The number of hydrogen-bond acceptors (Lipinski definition) is 3. The average molecular weight is 202 g/mol. The van der Waals surface area contributed by atoms with Gasteiger partial charge in [-0.25, -0.2) is 0 Å². The summed E-state index contributed by atoms with van der Waals surface area (Å²) in [5.74, 6) is -0.486. The predicted molar refractivity (Wildman–Crippen MR) is 40.4 cm³/mol. The van der Waals surface area contributed by atoms with E-state index < -0.39 is 12.1 Å². The molecule has 1 aromatic heterocycles. The van der Waals surface area contributed by atoms with Crippen molar-refractivity contribution in [1.29, 1.82) is 5.26 Å². The molecule has 1 heterocycles. The third kappa shape index (κ3) is 2.62. The molecule has 0 aromatic carbocycles. The lowest BCUT2D eigenvalue weighted by Gasteiger charge is -2.08. The fourth-order valence-corrected chi connectivity index (χ4v) is 0.817. The molecular weight excluding hydrogens is 197 g/mol. The van der Waals surface area contributed by atoms with Crippen LogP contribution in [0.2, 0.25) is 0 Å². The molecule has 0 atom stereocenters. The lowest BCUT2D eigenvalue weighted by molar-refractivity contribution is -0.274. The topological polar surface area (TPSA) is 45.9 Å². The van der Waals surface area contributed by atoms with Gasteiger partial charge in [-0.3, -0.25) is 4.98 Å². The molecule has 6 heteroatoms. The van der Waals surface area contributed by atoms with E-state index in [0.29, 0.717) is 5.69 Å². The van der Waals surface area contributed by atoms with E-state index >= 15 is 0 Å². The molecule has 0 fully saturated rings. The molecule has 14 heavy (non-hydrogen) atoms. The number of hydrogen-bond donors (Lipinski definition) is 0. The number of alkyl halides is 3. The lowest BCUT2D eigenvalue weighted by Crippen LogP contribution is -2.17. The molecule has 0 aliphatic rings. The maximum Gasteiger partial charge on any atom is 0.573 e. The zero-order chi connectivity index (χ0) is 10.8. The Labute approximate surface area is 77.7 Å². The van der Waals surface area contributed by atoms with E-state index in [9.17, 15) is 13.2 Å². The second kappa shape index (κ2) is 3.54. The molecule has 0 aliphatic heterocycles. The Bertz CT molecular complexity index is 381. The quantitative estimate of drug-likeness (QED) is 0.700. The van der Waals surface area contributed by atoms with Crippen LogP contribution in [0, 0.1) is 18.3 Å². The molecular formula is C8H5F3N2O. The Balaban J connectivity index is 2.97. The van der Waals surface area contributed by atoms with Crippen molar-refractivity contribution in [2.45, 2.75) is 13.3 Å². The molecule has 1 aromatic rings. The monoisotopic (exact) mass is 202 g/mol. The van der Waals surface area contributed by atoms with Crippen LogP contribution in [0.1, 0.15) is 11.3 Å². The Morgan fingerprint density at radius 2 is 2.14 bits per heavy atom. The zero-order valence-electron chi connectivity index (χ0n) is 7.09. The molecule has 0 spiro atoms. The molecule has 0 radical (unpaired) electrons. The van der Waals surface area contributed by atoms with E-state index in [2.05, 4.69) is 9.72 Å². The SMILES string of the molecule is Cc1ncc(OC(F)(F)F)cc1C#N. The predicted octanol–water partition coefficient (Wildman–Crippen LogP) is 2.16. The summed E-state index contributed by atoms with van der Waals surface area (Å²) in [6, 6.07) is 2.71. The maximum absolute atomic E-state index is 11.7. The van der Waals surface area contributed by atoms with Crippen LogP contribution >= 0.6 is 0 Å². The fourth-order valence-electron chi connectivity index (χ4n) is 0.817. The number of aromatic nitrogens is 1. The van der Waals surface area contributed by atoms with Crippen LogP contribution in [0.4, 0.5) is 13.2 Å². The average Bonchev–Trinajstić information content (AvgIpc) is 2.06. The lowest BCUT2D eigenvalue weighted by atomic mass is 10.2. The number of pyridine rings is 1. The molecule has 0 unspecified atom stereocenters. The first-order valence-electron chi connectivity index (χ1n) is 3.55. The smallest absolute Gasteiger partial charge is 0.404 e. The highest BCUT2D eigenvalue weighted by Crippen LogP contribution is 2.23.